The van der Waals surface area contributed by atoms with Crippen LogP contribution >= 0.6 is 0 Å². The summed E-state index contributed by atoms with van der Waals surface area (Å²) in [6.07, 6.45) is 6.60. The molecule has 0 radical (unpaired) electrons. The lowest BCUT2D eigenvalue weighted by molar-refractivity contribution is 0.285. The highest BCUT2D eigenvalue weighted by molar-refractivity contribution is 7.86. The zero-order valence-corrected chi connectivity index (χ0v) is 11.8. The van der Waals surface area contributed by atoms with Crippen LogP contribution in [0.5, 0.6) is 0 Å². The second-order valence-corrected chi connectivity index (χ2v) is 7.20. The van der Waals surface area contributed by atoms with Crippen molar-refractivity contribution < 1.29 is 12.8 Å². The maximum Gasteiger partial charge on any atom is 0.282 e. The van der Waals surface area contributed by atoms with Crippen molar-refractivity contribution in [2.45, 2.75) is 44.7 Å². The van der Waals surface area contributed by atoms with E-state index in [1.54, 1.807) is 20.9 Å². The highest BCUT2D eigenvalue weighted by Crippen LogP contribution is 2.32. The molecule has 0 atom stereocenters. The summed E-state index contributed by atoms with van der Waals surface area (Å²) in [4.78, 5) is 0. The van der Waals surface area contributed by atoms with Crippen molar-refractivity contribution in [1.82, 2.24) is 8.61 Å². The molecule has 0 aromatic carbocycles. The lowest BCUT2D eigenvalue weighted by atomic mass is 10.2. The van der Waals surface area contributed by atoms with E-state index >= 15 is 0 Å². The Bertz CT molecular complexity index is 502. The molecule has 1 aliphatic heterocycles. The first-order valence-corrected chi connectivity index (χ1v) is 8.37. The number of furan rings is 1. The molecular weight excluding hydrogens is 264 g/mol. The van der Waals surface area contributed by atoms with Crippen LogP contribution in [0.15, 0.2) is 22.8 Å². The van der Waals surface area contributed by atoms with Crippen molar-refractivity contribution in [3.63, 3.8) is 0 Å². The lowest BCUT2D eigenvalue weighted by Crippen LogP contribution is -2.46. The number of piperidine rings is 1. The molecule has 1 aliphatic carbocycles. The molecule has 0 bridgehead atoms. The highest BCUT2D eigenvalue weighted by atomic mass is 32.2. The van der Waals surface area contributed by atoms with Gasteiger partial charge in [-0.15, -0.1) is 0 Å². The van der Waals surface area contributed by atoms with E-state index < -0.39 is 10.2 Å². The molecule has 1 saturated carbocycles. The Balaban J connectivity index is 1.78. The molecule has 2 aliphatic rings. The minimum absolute atomic E-state index is 0.164. The van der Waals surface area contributed by atoms with Crippen LogP contribution in [0.1, 0.15) is 37.9 Å². The Morgan fingerprint density at radius 1 is 1.26 bits per heavy atom. The summed E-state index contributed by atoms with van der Waals surface area (Å²) in [6.45, 7) is 1.67. The van der Waals surface area contributed by atoms with Crippen LogP contribution in [0.3, 0.4) is 0 Å². The van der Waals surface area contributed by atoms with Crippen molar-refractivity contribution in [2.75, 3.05) is 13.1 Å². The maximum absolute atomic E-state index is 12.7. The van der Waals surface area contributed by atoms with E-state index in [1.165, 1.54) is 0 Å². The van der Waals surface area contributed by atoms with Gasteiger partial charge in [0.25, 0.3) is 10.2 Å². The van der Waals surface area contributed by atoms with E-state index in [9.17, 15) is 8.42 Å². The van der Waals surface area contributed by atoms with Crippen LogP contribution in [0.4, 0.5) is 0 Å². The molecule has 0 amide bonds. The molecule has 2 fully saturated rings. The van der Waals surface area contributed by atoms with Gasteiger partial charge < -0.3 is 4.42 Å². The first-order valence-electron chi connectivity index (χ1n) is 6.97. The molecule has 0 N–H and O–H groups in total. The molecule has 1 aromatic heterocycles. The number of hydrogen-bond acceptors (Lipinski definition) is 3. The van der Waals surface area contributed by atoms with Gasteiger partial charge in [0.2, 0.25) is 0 Å². The monoisotopic (exact) mass is 284 g/mol. The minimum atomic E-state index is -3.33. The lowest BCUT2D eigenvalue weighted by Gasteiger charge is -2.31. The normalized spacial score (nSPS) is 21.9. The summed E-state index contributed by atoms with van der Waals surface area (Å²) in [6, 6.07) is 3.80. The van der Waals surface area contributed by atoms with Gasteiger partial charge in [0, 0.05) is 19.1 Å². The van der Waals surface area contributed by atoms with Crippen molar-refractivity contribution in [3.8, 4) is 0 Å². The van der Waals surface area contributed by atoms with Crippen LogP contribution < -0.4 is 0 Å². The second-order valence-electron chi connectivity index (χ2n) is 5.32. The Morgan fingerprint density at radius 3 is 2.58 bits per heavy atom. The summed E-state index contributed by atoms with van der Waals surface area (Å²) in [5.74, 6) is 0.715. The van der Waals surface area contributed by atoms with Gasteiger partial charge in [-0.3, -0.25) is 0 Å². The Kier molecular flexibility index (Phi) is 3.64. The van der Waals surface area contributed by atoms with Crippen LogP contribution in [-0.4, -0.2) is 36.2 Å². The fourth-order valence-corrected chi connectivity index (χ4v) is 4.46. The van der Waals surface area contributed by atoms with Gasteiger partial charge in [0.15, 0.2) is 0 Å². The standard InChI is InChI=1S/C13H20N2O3S/c16-19(17,14-8-2-1-3-9-14)15(12-6-7-12)11-13-5-4-10-18-13/h4-5,10,12H,1-3,6-9,11H2. The molecule has 5 nitrogen and oxygen atoms in total. The Morgan fingerprint density at radius 2 is 2.00 bits per heavy atom. The molecule has 0 unspecified atom stereocenters. The summed E-state index contributed by atoms with van der Waals surface area (Å²) < 4.78 is 34.0. The third-order valence-electron chi connectivity index (χ3n) is 3.78. The molecule has 1 aromatic rings. The van der Waals surface area contributed by atoms with Crippen LogP contribution in [0.25, 0.3) is 0 Å². The number of nitrogens with zero attached hydrogens (tertiary/aromatic N) is 2. The van der Waals surface area contributed by atoms with E-state index in [1.807, 2.05) is 6.07 Å². The van der Waals surface area contributed by atoms with Gasteiger partial charge in [-0.2, -0.15) is 17.0 Å². The van der Waals surface area contributed by atoms with E-state index in [0.29, 0.717) is 25.4 Å². The van der Waals surface area contributed by atoms with Gasteiger partial charge in [-0.05, 0) is 37.8 Å². The second kappa shape index (κ2) is 5.26. The van der Waals surface area contributed by atoms with E-state index in [4.69, 9.17) is 4.42 Å². The molecule has 2 heterocycles. The fourth-order valence-electron chi connectivity index (χ4n) is 2.56. The zero-order chi connectivity index (χ0) is 13.3. The zero-order valence-electron chi connectivity index (χ0n) is 11.0. The number of rotatable bonds is 5. The first-order chi connectivity index (χ1) is 9.18. The van der Waals surface area contributed by atoms with Crippen LogP contribution in [-0.2, 0) is 16.8 Å². The van der Waals surface area contributed by atoms with E-state index in [2.05, 4.69) is 0 Å². The maximum atomic E-state index is 12.7. The third-order valence-corrected chi connectivity index (χ3v) is 5.82. The third kappa shape index (κ3) is 2.85. The molecule has 106 valence electrons. The highest BCUT2D eigenvalue weighted by Gasteiger charge is 2.40. The molecule has 19 heavy (non-hydrogen) atoms. The van der Waals surface area contributed by atoms with Crippen molar-refractivity contribution in [2.24, 2.45) is 0 Å². The van der Waals surface area contributed by atoms with Crippen LogP contribution in [0, 0.1) is 0 Å². The topological polar surface area (TPSA) is 53.8 Å². The SMILES string of the molecule is O=S(=O)(N1CCCCC1)N(Cc1ccco1)C1CC1. The minimum Gasteiger partial charge on any atom is -0.468 e. The predicted molar refractivity (Wildman–Crippen MR) is 71.6 cm³/mol. The first kappa shape index (κ1) is 13.1. The van der Waals surface area contributed by atoms with Crippen molar-refractivity contribution in [1.29, 1.82) is 0 Å². The molecule has 3 rings (SSSR count). The smallest absolute Gasteiger partial charge is 0.282 e. The molecular formula is C13H20N2O3S. The fraction of sp³-hybridized carbons (Fsp3) is 0.692. The summed E-state index contributed by atoms with van der Waals surface area (Å²) >= 11 is 0. The predicted octanol–water partition coefficient (Wildman–Crippen LogP) is 1.97. The molecule has 1 saturated heterocycles. The molecule has 6 heteroatoms. The van der Waals surface area contributed by atoms with Gasteiger partial charge in [-0.25, -0.2) is 0 Å². The average Bonchev–Trinajstić information content (AvgIpc) is 3.13. The van der Waals surface area contributed by atoms with Crippen molar-refractivity contribution in [3.05, 3.63) is 24.2 Å². The van der Waals surface area contributed by atoms with E-state index in [0.717, 1.165) is 32.1 Å². The summed E-state index contributed by atoms with van der Waals surface area (Å²) in [5.41, 5.74) is 0. The van der Waals surface area contributed by atoms with Gasteiger partial charge in [0.05, 0.1) is 12.8 Å². The molecule has 0 spiro atoms. The number of hydrogen-bond donors (Lipinski definition) is 0. The van der Waals surface area contributed by atoms with Gasteiger partial charge in [-0.1, -0.05) is 6.42 Å². The average molecular weight is 284 g/mol. The van der Waals surface area contributed by atoms with Gasteiger partial charge >= 0.3 is 0 Å². The van der Waals surface area contributed by atoms with Crippen molar-refractivity contribution >= 4 is 10.2 Å². The Hall–Kier alpha value is -0.850. The summed E-state index contributed by atoms with van der Waals surface area (Å²) in [5, 5.41) is 0. The Labute approximate surface area is 114 Å². The quantitative estimate of drug-likeness (QED) is 0.830. The summed E-state index contributed by atoms with van der Waals surface area (Å²) in [7, 11) is -3.33. The van der Waals surface area contributed by atoms with Gasteiger partial charge in [0.1, 0.15) is 5.76 Å². The van der Waals surface area contributed by atoms with E-state index in [-0.39, 0.29) is 6.04 Å². The van der Waals surface area contributed by atoms with Crippen LogP contribution in [0.2, 0.25) is 0 Å². The largest absolute Gasteiger partial charge is 0.468 e.